The van der Waals surface area contributed by atoms with E-state index in [1.165, 1.54) is 32.7 Å². The highest BCUT2D eigenvalue weighted by Crippen LogP contribution is 2.34. The summed E-state index contributed by atoms with van der Waals surface area (Å²) in [6.45, 7) is 7.41. The van der Waals surface area contributed by atoms with Crippen molar-refractivity contribution in [3.63, 3.8) is 0 Å². The lowest BCUT2D eigenvalue weighted by Gasteiger charge is -2.37. The molecule has 0 aliphatic heterocycles. The smallest absolute Gasteiger partial charge is 0.309 e. The van der Waals surface area contributed by atoms with E-state index in [0.717, 1.165) is 5.46 Å². The average molecular weight is 382 g/mol. The van der Waals surface area contributed by atoms with E-state index < -0.39 is 11.2 Å². The summed E-state index contributed by atoms with van der Waals surface area (Å²) in [5.74, 6) is 0. The van der Waals surface area contributed by atoms with Crippen LogP contribution in [-0.2, 0) is 4.65 Å². The predicted molar refractivity (Wildman–Crippen MR) is 125 cm³/mol. The first-order valence-electron chi connectivity index (χ1n) is 10.1. The molecule has 3 heteroatoms. The number of hydrogen-bond donors (Lipinski definition) is 1. The lowest BCUT2D eigenvalue weighted by molar-refractivity contribution is -0.0893. The van der Waals surface area contributed by atoms with Crippen molar-refractivity contribution in [3.05, 3.63) is 78.9 Å². The Morgan fingerprint density at radius 3 is 2.21 bits per heavy atom. The average Bonchev–Trinajstić information content (AvgIpc) is 2.71. The van der Waals surface area contributed by atoms with Crippen molar-refractivity contribution in [3.8, 4) is 11.1 Å². The van der Waals surface area contributed by atoms with Crippen LogP contribution in [0.1, 0.15) is 27.7 Å². The van der Waals surface area contributed by atoms with Crippen molar-refractivity contribution < 1.29 is 9.76 Å². The van der Waals surface area contributed by atoms with Crippen LogP contribution in [0.25, 0.3) is 32.7 Å². The van der Waals surface area contributed by atoms with Crippen molar-refractivity contribution in [2.24, 2.45) is 0 Å². The van der Waals surface area contributed by atoms with E-state index in [9.17, 15) is 5.11 Å². The fraction of sp³-hybridized carbons (Fsp3) is 0.231. The Balaban J connectivity index is 1.77. The van der Waals surface area contributed by atoms with Gasteiger partial charge in [0.15, 0.2) is 0 Å². The Morgan fingerprint density at radius 1 is 0.759 bits per heavy atom. The number of benzene rings is 4. The maximum Gasteiger partial charge on any atom is 0.309 e. The lowest BCUT2D eigenvalue weighted by atomic mass is 9.81. The van der Waals surface area contributed by atoms with Crippen molar-refractivity contribution in [2.75, 3.05) is 0 Å². The molecule has 0 heterocycles. The van der Waals surface area contributed by atoms with E-state index in [-0.39, 0.29) is 0 Å². The van der Waals surface area contributed by atoms with E-state index in [0.29, 0.717) is 7.48 Å². The molecule has 0 aliphatic rings. The maximum absolute atomic E-state index is 10.3. The Hall–Kier alpha value is -2.62. The SMILES string of the molecule is CC(C)(O)C(C)(C)OBc1ccc2c(ccc3cccc(-c4ccccc4)c32)c1. The monoisotopic (exact) mass is 382 g/mol. The molecular weight excluding hydrogens is 355 g/mol. The van der Waals surface area contributed by atoms with Crippen LogP contribution >= 0.6 is 0 Å². The van der Waals surface area contributed by atoms with Gasteiger partial charge in [0.05, 0.1) is 11.2 Å². The molecule has 0 atom stereocenters. The number of fused-ring (bicyclic) bond motifs is 3. The first-order valence-corrected chi connectivity index (χ1v) is 10.1. The van der Waals surface area contributed by atoms with Gasteiger partial charge in [0, 0.05) is 0 Å². The first-order chi connectivity index (χ1) is 13.8. The molecule has 4 aromatic carbocycles. The minimum absolute atomic E-state index is 0.464. The molecule has 0 saturated carbocycles. The van der Waals surface area contributed by atoms with Gasteiger partial charge in [-0.2, -0.15) is 0 Å². The second-order valence-corrected chi connectivity index (χ2v) is 8.75. The van der Waals surface area contributed by atoms with Crippen LogP contribution in [0.3, 0.4) is 0 Å². The van der Waals surface area contributed by atoms with E-state index in [2.05, 4.69) is 72.8 Å². The predicted octanol–water partition coefficient (Wildman–Crippen LogP) is 5.20. The maximum atomic E-state index is 10.3. The van der Waals surface area contributed by atoms with Crippen LogP contribution in [0.5, 0.6) is 0 Å². The van der Waals surface area contributed by atoms with Crippen molar-refractivity contribution in [1.82, 2.24) is 0 Å². The molecule has 4 rings (SSSR count). The van der Waals surface area contributed by atoms with Gasteiger partial charge in [-0.05, 0) is 60.4 Å². The summed E-state index contributed by atoms with van der Waals surface area (Å²) < 4.78 is 6.06. The van der Waals surface area contributed by atoms with Gasteiger partial charge in [0.25, 0.3) is 0 Å². The highest BCUT2D eigenvalue weighted by Gasteiger charge is 2.35. The fourth-order valence-corrected chi connectivity index (χ4v) is 3.56. The van der Waals surface area contributed by atoms with Crippen molar-refractivity contribution in [2.45, 2.75) is 38.9 Å². The second-order valence-electron chi connectivity index (χ2n) is 8.75. The minimum atomic E-state index is -0.912. The molecule has 1 N–H and O–H groups in total. The van der Waals surface area contributed by atoms with Gasteiger partial charge in [-0.3, -0.25) is 0 Å². The third-order valence-corrected chi connectivity index (χ3v) is 6.08. The molecular formula is C26H27BO2. The quantitative estimate of drug-likeness (QED) is 0.380. The molecule has 0 amide bonds. The molecule has 146 valence electrons. The lowest BCUT2D eigenvalue weighted by Crippen LogP contribution is -2.49. The van der Waals surface area contributed by atoms with Crippen molar-refractivity contribution >= 4 is 34.5 Å². The molecule has 0 aromatic heterocycles. The molecule has 4 aromatic rings. The Bertz CT molecular complexity index is 1160. The Morgan fingerprint density at radius 2 is 1.48 bits per heavy atom. The third-order valence-electron chi connectivity index (χ3n) is 6.08. The van der Waals surface area contributed by atoms with Crippen LogP contribution in [-0.4, -0.2) is 23.8 Å². The molecule has 2 nitrogen and oxygen atoms in total. The van der Waals surface area contributed by atoms with Gasteiger partial charge in [-0.1, -0.05) is 84.3 Å². The molecule has 0 spiro atoms. The van der Waals surface area contributed by atoms with Gasteiger partial charge >= 0.3 is 7.48 Å². The van der Waals surface area contributed by atoms with Crippen LogP contribution in [0.15, 0.2) is 78.9 Å². The zero-order valence-corrected chi connectivity index (χ0v) is 17.6. The molecule has 0 saturated heterocycles. The zero-order valence-electron chi connectivity index (χ0n) is 17.6. The third kappa shape index (κ3) is 3.81. The van der Waals surface area contributed by atoms with Gasteiger partial charge < -0.3 is 9.76 Å². The topological polar surface area (TPSA) is 29.5 Å². The summed E-state index contributed by atoms with van der Waals surface area (Å²) in [6.07, 6.45) is 0. The number of aliphatic hydroxyl groups is 1. The Kier molecular flexibility index (Phi) is 4.98. The molecule has 0 fully saturated rings. The summed E-state index contributed by atoms with van der Waals surface area (Å²) in [5.41, 5.74) is 2.04. The minimum Gasteiger partial charge on any atom is -0.427 e. The van der Waals surface area contributed by atoms with Gasteiger partial charge in [0.2, 0.25) is 0 Å². The van der Waals surface area contributed by atoms with Crippen LogP contribution < -0.4 is 5.46 Å². The van der Waals surface area contributed by atoms with Crippen molar-refractivity contribution in [1.29, 1.82) is 0 Å². The highest BCUT2D eigenvalue weighted by atomic mass is 16.5. The first kappa shape index (κ1) is 19.7. The molecule has 0 unspecified atom stereocenters. The highest BCUT2D eigenvalue weighted by molar-refractivity contribution is 6.47. The Labute approximate surface area is 173 Å². The molecule has 0 radical (unpaired) electrons. The van der Waals surface area contributed by atoms with Crippen LogP contribution in [0.2, 0.25) is 0 Å². The summed E-state index contributed by atoms with van der Waals surface area (Å²) in [7, 11) is 0.464. The van der Waals surface area contributed by atoms with E-state index in [4.69, 9.17) is 4.65 Å². The summed E-state index contributed by atoms with van der Waals surface area (Å²) >= 11 is 0. The molecule has 29 heavy (non-hydrogen) atoms. The fourth-order valence-electron chi connectivity index (χ4n) is 3.56. The van der Waals surface area contributed by atoms with Crippen LogP contribution in [0, 0.1) is 0 Å². The summed E-state index contributed by atoms with van der Waals surface area (Å²) in [4.78, 5) is 0. The van der Waals surface area contributed by atoms with Crippen LogP contribution in [0.4, 0.5) is 0 Å². The summed E-state index contributed by atoms with van der Waals surface area (Å²) in [6, 6.07) is 27.9. The molecule has 0 aliphatic carbocycles. The molecule has 0 bridgehead atoms. The largest absolute Gasteiger partial charge is 0.427 e. The summed E-state index contributed by atoms with van der Waals surface area (Å²) in [5, 5.41) is 15.3. The number of hydrogen-bond acceptors (Lipinski definition) is 2. The van der Waals surface area contributed by atoms with Gasteiger partial charge in [-0.25, -0.2) is 0 Å². The second kappa shape index (κ2) is 7.33. The van der Waals surface area contributed by atoms with Gasteiger partial charge in [0.1, 0.15) is 0 Å². The standard InChI is InChI=1S/C26H27BO2/c1-25(2,28)26(3,4)29-27-21-15-16-23-20(17-21)14-13-19-11-8-12-22(24(19)23)18-9-6-5-7-10-18/h5-17,27-28H,1-4H3. The van der Waals surface area contributed by atoms with Gasteiger partial charge in [-0.15, -0.1) is 0 Å². The normalized spacial score (nSPS) is 12.4. The van der Waals surface area contributed by atoms with E-state index in [1.54, 1.807) is 13.8 Å². The number of rotatable bonds is 5. The zero-order chi connectivity index (χ0) is 20.6. The van der Waals surface area contributed by atoms with E-state index >= 15 is 0 Å². The van der Waals surface area contributed by atoms with E-state index in [1.807, 2.05) is 19.9 Å².